The highest BCUT2D eigenvalue weighted by Gasteiger charge is 2.38. The maximum Gasteiger partial charge on any atom is 0.408 e. The van der Waals surface area contributed by atoms with Gasteiger partial charge in [0.25, 0.3) is 0 Å². The number of amides is 3. The number of nitrogens with zero attached hydrogens (tertiary/aromatic N) is 1. The van der Waals surface area contributed by atoms with Crippen LogP contribution in [0.3, 0.4) is 0 Å². The fourth-order valence-corrected chi connectivity index (χ4v) is 4.38. The summed E-state index contributed by atoms with van der Waals surface area (Å²) in [7, 11) is 0. The quantitative estimate of drug-likeness (QED) is 0.224. The summed E-state index contributed by atoms with van der Waals surface area (Å²) in [6.07, 6.45) is -0.684. The molecule has 0 saturated carbocycles. The van der Waals surface area contributed by atoms with Crippen molar-refractivity contribution in [2.24, 2.45) is 0 Å². The normalized spacial score (nSPS) is 13.7. The summed E-state index contributed by atoms with van der Waals surface area (Å²) >= 11 is 4.25. The minimum absolute atomic E-state index is 0.0291. The number of phenolic OH excluding ortho intramolecular Hbond substituents is 1. The van der Waals surface area contributed by atoms with Crippen LogP contribution in [0.2, 0.25) is 0 Å². The van der Waals surface area contributed by atoms with Crippen LogP contribution in [0.1, 0.15) is 65.6 Å². The lowest BCUT2D eigenvalue weighted by Crippen LogP contribution is -2.55. The number of phenols is 1. The van der Waals surface area contributed by atoms with Gasteiger partial charge in [-0.25, -0.2) is 9.59 Å². The van der Waals surface area contributed by atoms with Crippen molar-refractivity contribution in [3.63, 3.8) is 0 Å². The lowest BCUT2D eigenvalue weighted by molar-refractivity contribution is -0.159. The van der Waals surface area contributed by atoms with Crippen LogP contribution in [0, 0.1) is 0 Å². The Morgan fingerprint density at radius 2 is 1.43 bits per heavy atom. The van der Waals surface area contributed by atoms with Crippen molar-refractivity contribution in [1.82, 2.24) is 15.5 Å². The van der Waals surface area contributed by atoms with E-state index in [0.717, 1.165) is 5.56 Å². The van der Waals surface area contributed by atoms with E-state index in [1.165, 1.54) is 17.0 Å². The molecule has 10 nitrogen and oxygen atoms in total. The van der Waals surface area contributed by atoms with Crippen molar-refractivity contribution < 1.29 is 33.8 Å². The van der Waals surface area contributed by atoms with Crippen LogP contribution in [-0.4, -0.2) is 69.5 Å². The second-order valence-corrected chi connectivity index (χ2v) is 12.1. The minimum atomic E-state index is -1.35. The maximum absolute atomic E-state index is 14.0. The van der Waals surface area contributed by atoms with Gasteiger partial charge in [-0.2, -0.15) is 12.6 Å². The zero-order valence-electron chi connectivity index (χ0n) is 25.3. The van der Waals surface area contributed by atoms with E-state index in [9.17, 15) is 24.3 Å². The molecule has 0 aromatic heterocycles. The van der Waals surface area contributed by atoms with Crippen molar-refractivity contribution in [1.29, 1.82) is 0 Å². The molecule has 0 saturated heterocycles. The monoisotopic (exact) mass is 601 g/mol. The highest BCUT2D eigenvalue weighted by Crippen LogP contribution is 2.30. The standard InChI is InChI=1S/C31H43N3O7S/c1-8-34(27(37)23(19-42)33-29(39)41-31(5,6)7)25(21-16-12-13-17-24(21)35)26(36)32-22(28(38)40-30(2,3)4)18-20-14-10-9-11-15-20/h9-17,22-23,25,35,42H,8,18-19H2,1-7H3,(H,32,36)(H,33,39). The fourth-order valence-electron chi connectivity index (χ4n) is 4.14. The van der Waals surface area contributed by atoms with Crippen LogP contribution >= 0.6 is 12.6 Å². The number of thiol groups is 1. The summed E-state index contributed by atoms with van der Waals surface area (Å²) in [5.41, 5.74) is -0.686. The van der Waals surface area contributed by atoms with Crippen LogP contribution < -0.4 is 10.6 Å². The Kier molecular flexibility index (Phi) is 12.3. The van der Waals surface area contributed by atoms with Crippen LogP contribution in [0.4, 0.5) is 4.79 Å². The molecule has 0 heterocycles. The van der Waals surface area contributed by atoms with Gasteiger partial charge in [-0.05, 0) is 60.1 Å². The van der Waals surface area contributed by atoms with Crippen LogP contribution in [0.25, 0.3) is 0 Å². The number of rotatable bonds is 11. The molecule has 3 amide bonds. The first-order valence-electron chi connectivity index (χ1n) is 13.8. The molecule has 3 unspecified atom stereocenters. The maximum atomic E-state index is 14.0. The van der Waals surface area contributed by atoms with Crippen molar-refractivity contribution >= 4 is 36.5 Å². The van der Waals surface area contributed by atoms with Gasteiger partial charge in [0.1, 0.15) is 35.1 Å². The molecule has 0 radical (unpaired) electrons. The summed E-state index contributed by atoms with van der Waals surface area (Å²) in [6.45, 7) is 11.9. The number of para-hydroxylation sites is 1. The number of aromatic hydroxyl groups is 1. The lowest BCUT2D eigenvalue weighted by atomic mass is 10.00. The number of nitrogens with one attached hydrogen (secondary N) is 2. The molecule has 0 aliphatic rings. The average Bonchev–Trinajstić information content (AvgIpc) is 2.88. The van der Waals surface area contributed by atoms with E-state index in [2.05, 4.69) is 23.3 Å². The third-order valence-electron chi connectivity index (χ3n) is 5.88. The van der Waals surface area contributed by atoms with Gasteiger partial charge in [0, 0.05) is 24.3 Å². The van der Waals surface area contributed by atoms with Gasteiger partial charge in [-0.3, -0.25) is 9.59 Å². The summed E-state index contributed by atoms with van der Waals surface area (Å²) in [5.74, 6) is -2.29. The Morgan fingerprint density at radius 3 is 1.95 bits per heavy atom. The van der Waals surface area contributed by atoms with E-state index in [1.807, 2.05) is 30.3 Å². The van der Waals surface area contributed by atoms with Gasteiger partial charge < -0.3 is 30.1 Å². The molecule has 2 aromatic rings. The molecule has 2 aromatic carbocycles. The number of benzene rings is 2. The molecular formula is C31H43N3O7S. The van der Waals surface area contributed by atoms with Gasteiger partial charge in [-0.1, -0.05) is 48.5 Å². The van der Waals surface area contributed by atoms with E-state index < -0.39 is 53.2 Å². The average molecular weight is 602 g/mol. The summed E-state index contributed by atoms with van der Waals surface area (Å²) in [6, 6.07) is 11.7. The van der Waals surface area contributed by atoms with E-state index in [1.54, 1.807) is 60.6 Å². The van der Waals surface area contributed by atoms with Gasteiger partial charge in [-0.15, -0.1) is 0 Å². The Hall–Kier alpha value is -3.73. The summed E-state index contributed by atoms with van der Waals surface area (Å²) < 4.78 is 10.9. The minimum Gasteiger partial charge on any atom is -0.508 e. The van der Waals surface area contributed by atoms with Gasteiger partial charge in [0.05, 0.1) is 0 Å². The molecule has 42 heavy (non-hydrogen) atoms. The molecule has 3 atom stereocenters. The number of carbonyl (C=O) groups is 4. The van der Waals surface area contributed by atoms with Gasteiger partial charge in [0.15, 0.2) is 0 Å². The topological polar surface area (TPSA) is 134 Å². The number of hydrogen-bond acceptors (Lipinski definition) is 8. The Morgan fingerprint density at radius 1 is 0.857 bits per heavy atom. The number of ether oxygens (including phenoxy) is 2. The van der Waals surface area contributed by atoms with Crippen molar-refractivity contribution in [2.45, 2.75) is 84.2 Å². The fraction of sp³-hybridized carbons (Fsp3) is 0.484. The third-order valence-corrected chi connectivity index (χ3v) is 6.24. The number of carbonyl (C=O) groups excluding carboxylic acids is 4. The molecule has 0 fully saturated rings. The number of alkyl carbamates (subject to hydrolysis) is 1. The lowest BCUT2D eigenvalue weighted by Gasteiger charge is -2.34. The largest absolute Gasteiger partial charge is 0.508 e. The Bertz CT molecular complexity index is 1230. The van der Waals surface area contributed by atoms with Crippen molar-refractivity contribution in [2.75, 3.05) is 12.3 Å². The Balaban J connectivity index is 2.48. The Labute approximate surface area is 253 Å². The smallest absolute Gasteiger partial charge is 0.408 e. The first-order valence-corrected chi connectivity index (χ1v) is 14.5. The number of esters is 1. The van der Waals surface area contributed by atoms with Crippen LogP contribution in [-0.2, 0) is 30.3 Å². The molecule has 3 N–H and O–H groups in total. The van der Waals surface area contributed by atoms with Gasteiger partial charge in [0.2, 0.25) is 11.8 Å². The predicted molar refractivity (Wildman–Crippen MR) is 163 cm³/mol. The SMILES string of the molecule is CCN(C(=O)C(CS)NC(=O)OC(C)(C)C)C(C(=O)NC(Cc1ccccc1)C(=O)OC(C)(C)C)c1ccccc1O. The van der Waals surface area contributed by atoms with Crippen LogP contribution in [0.15, 0.2) is 54.6 Å². The first-order chi connectivity index (χ1) is 19.6. The highest BCUT2D eigenvalue weighted by molar-refractivity contribution is 7.80. The molecule has 0 aliphatic heterocycles. The summed E-state index contributed by atoms with van der Waals surface area (Å²) in [4.78, 5) is 54.8. The zero-order chi connectivity index (χ0) is 31.7. The van der Waals surface area contributed by atoms with Crippen molar-refractivity contribution in [3.05, 3.63) is 65.7 Å². The zero-order valence-corrected chi connectivity index (χ0v) is 26.2. The molecule has 0 bridgehead atoms. The molecule has 0 aliphatic carbocycles. The molecular weight excluding hydrogens is 558 g/mol. The molecule has 2 rings (SSSR count). The number of hydrogen-bond donors (Lipinski definition) is 4. The number of likely N-dealkylation sites (N-methyl/N-ethyl adjacent to an activating group) is 1. The first kappa shape index (κ1) is 34.5. The predicted octanol–water partition coefficient (Wildman–Crippen LogP) is 4.17. The van der Waals surface area contributed by atoms with E-state index >= 15 is 0 Å². The van der Waals surface area contributed by atoms with Crippen LogP contribution in [0.5, 0.6) is 5.75 Å². The van der Waals surface area contributed by atoms with E-state index in [-0.39, 0.29) is 30.0 Å². The molecule has 230 valence electrons. The molecule has 0 spiro atoms. The highest BCUT2D eigenvalue weighted by atomic mass is 32.1. The van der Waals surface area contributed by atoms with Crippen molar-refractivity contribution in [3.8, 4) is 5.75 Å². The van der Waals surface area contributed by atoms with Gasteiger partial charge >= 0.3 is 12.1 Å². The third kappa shape index (κ3) is 10.6. The summed E-state index contributed by atoms with van der Waals surface area (Å²) in [5, 5.41) is 16.0. The second kappa shape index (κ2) is 14.9. The van der Waals surface area contributed by atoms with E-state index in [4.69, 9.17) is 9.47 Å². The van der Waals surface area contributed by atoms with E-state index in [0.29, 0.717) is 0 Å². The molecule has 11 heteroatoms. The second-order valence-electron chi connectivity index (χ2n) is 11.8.